The number of hydrogen-bond donors (Lipinski definition) is 1. The van der Waals surface area contributed by atoms with Crippen LogP contribution in [0.5, 0.6) is 0 Å². The van der Waals surface area contributed by atoms with Gasteiger partial charge in [0.25, 0.3) is 5.56 Å². The fourth-order valence-corrected chi connectivity index (χ4v) is 5.94. The number of amides is 1. The Bertz CT molecular complexity index is 1990. The van der Waals surface area contributed by atoms with Crippen LogP contribution >= 0.6 is 34.8 Å². The van der Waals surface area contributed by atoms with E-state index in [4.69, 9.17) is 34.8 Å². The molecule has 0 radical (unpaired) electrons. The van der Waals surface area contributed by atoms with Gasteiger partial charge in [0, 0.05) is 46.1 Å². The van der Waals surface area contributed by atoms with E-state index in [2.05, 4.69) is 25.7 Å². The molecule has 0 fully saturated rings. The molecule has 1 aromatic carbocycles. The van der Waals surface area contributed by atoms with Crippen molar-refractivity contribution in [2.75, 3.05) is 5.32 Å². The molecule has 0 aliphatic carbocycles. The van der Waals surface area contributed by atoms with Crippen molar-refractivity contribution in [2.45, 2.75) is 38.5 Å². The van der Waals surface area contributed by atoms with Gasteiger partial charge in [-0.3, -0.25) is 14.6 Å². The molecule has 0 saturated heterocycles. The van der Waals surface area contributed by atoms with Crippen molar-refractivity contribution in [3.8, 4) is 28.1 Å². The topological polar surface area (TPSA) is 113 Å². The van der Waals surface area contributed by atoms with Crippen molar-refractivity contribution < 1.29 is 18.0 Å². The summed E-state index contributed by atoms with van der Waals surface area (Å²) in [6, 6.07) is 8.44. The highest BCUT2D eigenvalue weighted by molar-refractivity contribution is 6.34. The van der Waals surface area contributed by atoms with Crippen molar-refractivity contribution in [3.63, 3.8) is 0 Å². The van der Waals surface area contributed by atoms with Gasteiger partial charge in [-0.25, -0.2) is 4.68 Å². The summed E-state index contributed by atoms with van der Waals surface area (Å²) in [6.07, 6.45) is 1.66. The van der Waals surface area contributed by atoms with Gasteiger partial charge in [0.2, 0.25) is 5.91 Å². The van der Waals surface area contributed by atoms with Gasteiger partial charge in [0.05, 0.1) is 40.5 Å². The van der Waals surface area contributed by atoms with Crippen LogP contribution in [0.1, 0.15) is 37.9 Å². The standard InChI is InChI=1S/C29H22Cl3F3N8O2/c1-15-3-2-4-24(21-9-16(7-8-36-21)27-22(38-28(15)45)12-37-43(27)29(33,34)35)41-13-20(31)18(11-26(41)44)19-10-17(30)5-6-23(19)42-14-25(32)39-40-42/h5-15,24H,2-4H2,1H3,(H,38,45)/t15-,24+/m1/s1. The molecule has 232 valence electrons. The fraction of sp³-hybridized carbons (Fsp3) is 0.241. The zero-order valence-corrected chi connectivity index (χ0v) is 25.5. The summed E-state index contributed by atoms with van der Waals surface area (Å²) in [5, 5.41) is 14.6. The van der Waals surface area contributed by atoms with Crippen LogP contribution in [-0.2, 0) is 11.1 Å². The van der Waals surface area contributed by atoms with Crippen molar-refractivity contribution in [1.29, 1.82) is 0 Å². The first kappa shape index (κ1) is 30.8. The first-order chi connectivity index (χ1) is 21.4. The molecule has 6 rings (SSSR count). The number of carbonyl (C=O) groups excluding carboxylic acids is 1. The van der Waals surface area contributed by atoms with Crippen molar-refractivity contribution >= 4 is 46.4 Å². The van der Waals surface area contributed by atoms with Crippen LogP contribution in [0.2, 0.25) is 15.2 Å². The maximum atomic E-state index is 14.0. The molecule has 45 heavy (non-hydrogen) atoms. The number of anilines is 1. The van der Waals surface area contributed by atoms with E-state index in [-0.39, 0.29) is 31.8 Å². The number of carbonyl (C=O) groups is 1. The number of hydrogen-bond acceptors (Lipinski definition) is 6. The second-order valence-corrected chi connectivity index (χ2v) is 11.8. The third-order valence-corrected chi connectivity index (χ3v) is 8.26. The monoisotopic (exact) mass is 676 g/mol. The molecular formula is C29H22Cl3F3N8O2. The minimum atomic E-state index is -4.86. The van der Waals surface area contributed by atoms with Gasteiger partial charge in [-0.05, 0) is 43.2 Å². The van der Waals surface area contributed by atoms with Crippen LogP contribution in [0.4, 0.5) is 18.9 Å². The average molecular weight is 678 g/mol. The lowest BCUT2D eigenvalue weighted by Gasteiger charge is -2.23. The van der Waals surface area contributed by atoms with Gasteiger partial charge in [0.1, 0.15) is 5.69 Å². The summed E-state index contributed by atoms with van der Waals surface area (Å²) in [4.78, 5) is 31.2. The number of nitrogens with one attached hydrogen (secondary N) is 1. The Morgan fingerprint density at radius 1 is 1.00 bits per heavy atom. The average Bonchev–Trinajstić information content (AvgIpc) is 3.62. The molecule has 1 amide bonds. The summed E-state index contributed by atoms with van der Waals surface area (Å²) in [6.45, 7) is 1.68. The molecule has 1 N–H and O–H groups in total. The van der Waals surface area contributed by atoms with E-state index in [1.54, 1.807) is 25.1 Å². The van der Waals surface area contributed by atoms with Gasteiger partial charge in [-0.1, -0.05) is 53.4 Å². The van der Waals surface area contributed by atoms with Gasteiger partial charge >= 0.3 is 6.30 Å². The van der Waals surface area contributed by atoms with E-state index in [0.29, 0.717) is 46.8 Å². The lowest BCUT2D eigenvalue weighted by molar-refractivity contribution is -0.210. The summed E-state index contributed by atoms with van der Waals surface area (Å²) in [5.41, 5.74) is 0.914. The third-order valence-electron chi connectivity index (χ3n) is 7.55. The van der Waals surface area contributed by atoms with E-state index in [9.17, 15) is 22.8 Å². The van der Waals surface area contributed by atoms with Crippen LogP contribution in [0, 0.1) is 5.92 Å². The second kappa shape index (κ2) is 12.0. The van der Waals surface area contributed by atoms with E-state index < -0.39 is 29.7 Å². The Balaban J connectivity index is 1.49. The predicted molar refractivity (Wildman–Crippen MR) is 163 cm³/mol. The first-order valence-corrected chi connectivity index (χ1v) is 14.8. The molecule has 2 bridgehead atoms. The molecule has 10 nitrogen and oxygen atoms in total. The van der Waals surface area contributed by atoms with Gasteiger partial charge in [-0.15, -0.1) is 18.3 Å². The van der Waals surface area contributed by atoms with Crippen molar-refractivity contribution in [2.24, 2.45) is 5.92 Å². The lowest BCUT2D eigenvalue weighted by atomic mass is 9.96. The first-order valence-electron chi connectivity index (χ1n) is 13.6. The predicted octanol–water partition coefficient (Wildman–Crippen LogP) is 7.14. The van der Waals surface area contributed by atoms with Gasteiger partial charge in [0.15, 0.2) is 5.15 Å². The molecule has 0 unspecified atom stereocenters. The zero-order valence-electron chi connectivity index (χ0n) is 23.3. The molecule has 0 saturated carbocycles. The highest BCUT2D eigenvalue weighted by Gasteiger charge is 2.37. The molecule has 0 spiro atoms. The number of halogens is 6. The number of alkyl halides is 3. The Morgan fingerprint density at radius 2 is 1.80 bits per heavy atom. The summed E-state index contributed by atoms with van der Waals surface area (Å²) < 4.78 is 44.6. The number of pyridine rings is 2. The Hall–Kier alpha value is -4.20. The largest absolute Gasteiger partial charge is 0.505 e. The number of fused-ring (bicyclic) bond motifs is 4. The molecule has 1 aliphatic rings. The Kier molecular flexibility index (Phi) is 8.18. The second-order valence-electron chi connectivity index (χ2n) is 10.5. The molecular weight excluding hydrogens is 656 g/mol. The number of aromatic nitrogens is 7. The molecule has 5 heterocycles. The SMILES string of the molecule is C[C@@H]1CCC[C@H](n2cc(Cl)c(-c3cc(Cl)ccc3-n3cc(Cl)nn3)cc2=O)c2cc(ccn2)-c2c(cnn2C(F)(F)F)NC1=O. The van der Waals surface area contributed by atoms with Crippen LogP contribution in [-0.4, -0.2) is 40.2 Å². The maximum absolute atomic E-state index is 14.0. The fourth-order valence-electron chi connectivity index (χ4n) is 5.38. The number of nitrogens with zero attached hydrogens (tertiary/aromatic N) is 7. The maximum Gasteiger partial charge on any atom is 0.505 e. The van der Waals surface area contributed by atoms with Crippen molar-refractivity contribution in [1.82, 2.24) is 34.3 Å². The van der Waals surface area contributed by atoms with E-state index >= 15 is 0 Å². The summed E-state index contributed by atoms with van der Waals surface area (Å²) >= 11 is 19.1. The summed E-state index contributed by atoms with van der Waals surface area (Å²) in [7, 11) is 0. The number of rotatable bonds is 3. The molecule has 4 aromatic heterocycles. The quantitative estimate of drug-likeness (QED) is 0.217. The van der Waals surface area contributed by atoms with Gasteiger partial charge in [-0.2, -0.15) is 9.78 Å². The van der Waals surface area contributed by atoms with Crippen molar-refractivity contribution in [3.05, 3.63) is 92.4 Å². The van der Waals surface area contributed by atoms with Gasteiger partial charge < -0.3 is 9.88 Å². The van der Waals surface area contributed by atoms with E-state index in [1.165, 1.54) is 46.0 Å². The minimum absolute atomic E-state index is 0.0889. The molecule has 5 aromatic rings. The Labute approximate surface area is 268 Å². The lowest BCUT2D eigenvalue weighted by Crippen LogP contribution is -2.27. The van der Waals surface area contributed by atoms with Crippen LogP contribution in [0.15, 0.2) is 66.0 Å². The third kappa shape index (κ3) is 6.07. The van der Waals surface area contributed by atoms with Crippen LogP contribution in [0.25, 0.3) is 28.1 Å². The molecule has 2 atom stereocenters. The minimum Gasteiger partial charge on any atom is -0.323 e. The molecule has 16 heteroatoms. The normalized spacial score (nSPS) is 17.3. The molecule has 1 aliphatic heterocycles. The number of benzene rings is 1. The summed E-state index contributed by atoms with van der Waals surface area (Å²) in [5.74, 6) is -0.979. The highest BCUT2D eigenvalue weighted by Crippen LogP contribution is 2.38. The smallest absolute Gasteiger partial charge is 0.323 e. The Morgan fingerprint density at radius 3 is 2.53 bits per heavy atom. The van der Waals surface area contributed by atoms with Crippen LogP contribution in [0.3, 0.4) is 0 Å². The zero-order chi connectivity index (χ0) is 32.0. The highest BCUT2D eigenvalue weighted by atomic mass is 35.5. The van der Waals surface area contributed by atoms with Crippen LogP contribution < -0.4 is 10.9 Å². The van der Waals surface area contributed by atoms with E-state index in [0.717, 1.165) is 6.20 Å². The van der Waals surface area contributed by atoms with E-state index in [1.807, 2.05) is 0 Å².